The number of likely N-dealkylation sites (tertiary alicyclic amines) is 1. The van der Waals surface area contributed by atoms with Crippen LogP contribution in [0.15, 0.2) is 29.3 Å². The standard InChI is InChI=1S/C20H30F4N4.HI/c1-3-27(15-20(22,23)24)13-17-9-11-28(14-17)19(25-2)26-10-5-7-16-6-4-8-18(21)12-16;/h4,6,8,12,17H,3,5,7,9-11,13-15H2,1-2H3,(H,25,26);1H. The molecule has 9 heteroatoms. The highest BCUT2D eigenvalue weighted by Crippen LogP contribution is 2.21. The van der Waals surface area contributed by atoms with Gasteiger partial charge in [-0.1, -0.05) is 19.1 Å². The molecular weight excluding hydrogens is 499 g/mol. The highest BCUT2D eigenvalue weighted by Gasteiger charge is 2.32. The third kappa shape index (κ3) is 9.50. The van der Waals surface area contributed by atoms with Crippen LogP contribution in [-0.2, 0) is 6.42 Å². The van der Waals surface area contributed by atoms with Crippen LogP contribution < -0.4 is 5.32 Å². The van der Waals surface area contributed by atoms with Crippen LogP contribution >= 0.6 is 24.0 Å². The average molecular weight is 530 g/mol. The van der Waals surface area contributed by atoms with Gasteiger partial charge < -0.3 is 10.2 Å². The summed E-state index contributed by atoms with van der Waals surface area (Å²) in [7, 11) is 1.71. The topological polar surface area (TPSA) is 30.9 Å². The van der Waals surface area contributed by atoms with Crippen molar-refractivity contribution < 1.29 is 17.6 Å². The number of halogens is 5. The summed E-state index contributed by atoms with van der Waals surface area (Å²) >= 11 is 0. The predicted octanol–water partition coefficient (Wildman–Crippen LogP) is 4.16. The van der Waals surface area contributed by atoms with Gasteiger partial charge in [-0.05, 0) is 49.4 Å². The number of guanidine groups is 1. The molecule has 1 heterocycles. The van der Waals surface area contributed by atoms with Crippen molar-refractivity contribution >= 4 is 29.9 Å². The fourth-order valence-electron chi connectivity index (χ4n) is 3.62. The van der Waals surface area contributed by atoms with Crippen molar-refractivity contribution in [1.82, 2.24) is 15.1 Å². The van der Waals surface area contributed by atoms with E-state index in [1.54, 1.807) is 26.1 Å². The fourth-order valence-corrected chi connectivity index (χ4v) is 3.62. The molecule has 4 nitrogen and oxygen atoms in total. The molecule has 0 aromatic heterocycles. The summed E-state index contributed by atoms with van der Waals surface area (Å²) in [6, 6.07) is 6.59. The van der Waals surface area contributed by atoms with Crippen LogP contribution in [0.2, 0.25) is 0 Å². The van der Waals surface area contributed by atoms with Crippen LogP contribution in [0.1, 0.15) is 25.3 Å². The van der Waals surface area contributed by atoms with E-state index in [0.29, 0.717) is 26.2 Å². The van der Waals surface area contributed by atoms with Crippen LogP contribution in [0.4, 0.5) is 17.6 Å². The van der Waals surface area contributed by atoms with Crippen LogP contribution in [0.25, 0.3) is 0 Å². The zero-order valence-electron chi connectivity index (χ0n) is 17.0. The first-order valence-corrected chi connectivity index (χ1v) is 9.80. The molecule has 1 aromatic rings. The molecule has 1 unspecified atom stereocenters. The molecule has 1 aliphatic heterocycles. The Morgan fingerprint density at radius 1 is 1.34 bits per heavy atom. The van der Waals surface area contributed by atoms with Crippen molar-refractivity contribution in [3.8, 4) is 0 Å². The van der Waals surface area contributed by atoms with E-state index in [1.807, 2.05) is 6.07 Å². The number of nitrogens with one attached hydrogen (secondary N) is 1. The summed E-state index contributed by atoms with van der Waals surface area (Å²) in [6.07, 6.45) is -1.69. The van der Waals surface area contributed by atoms with E-state index in [1.165, 1.54) is 11.0 Å². The second-order valence-electron chi connectivity index (χ2n) is 7.25. The highest BCUT2D eigenvalue weighted by molar-refractivity contribution is 14.0. The van der Waals surface area contributed by atoms with Crippen molar-refractivity contribution in [3.63, 3.8) is 0 Å². The Hall–Kier alpha value is -1.10. The maximum absolute atomic E-state index is 13.2. The third-order valence-corrected chi connectivity index (χ3v) is 4.98. The van der Waals surface area contributed by atoms with Gasteiger partial charge in [-0.2, -0.15) is 13.2 Å². The number of aliphatic imine (C=N–C) groups is 1. The first-order valence-electron chi connectivity index (χ1n) is 9.80. The molecule has 1 atom stereocenters. The Morgan fingerprint density at radius 2 is 2.10 bits per heavy atom. The van der Waals surface area contributed by atoms with Gasteiger partial charge in [0, 0.05) is 33.2 Å². The second kappa shape index (κ2) is 12.6. The molecule has 0 bridgehead atoms. The Morgan fingerprint density at radius 3 is 2.72 bits per heavy atom. The Kier molecular flexibility index (Phi) is 11.2. The van der Waals surface area contributed by atoms with Gasteiger partial charge in [0.15, 0.2) is 5.96 Å². The zero-order chi connectivity index (χ0) is 20.6. The molecule has 1 aromatic carbocycles. The zero-order valence-corrected chi connectivity index (χ0v) is 19.3. The summed E-state index contributed by atoms with van der Waals surface area (Å²) in [5, 5.41) is 3.31. The summed E-state index contributed by atoms with van der Waals surface area (Å²) < 4.78 is 51.1. The average Bonchev–Trinajstić information content (AvgIpc) is 3.08. The van der Waals surface area contributed by atoms with E-state index in [0.717, 1.165) is 37.3 Å². The SMILES string of the molecule is CCN(CC1CCN(C(=NC)NCCCc2cccc(F)c2)C1)CC(F)(F)F.I. The summed E-state index contributed by atoms with van der Waals surface area (Å²) in [5.41, 5.74) is 0.961. The smallest absolute Gasteiger partial charge is 0.356 e. The number of rotatable bonds is 8. The number of hydrogen-bond acceptors (Lipinski definition) is 2. The largest absolute Gasteiger partial charge is 0.401 e. The lowest BCUT2D eigenvalue weighted by Gasteiger charge is -2.26. The van der Waals surface area contributed by atoms with Crippen molar-refractivity contribution in [2.75, 3.05) is 46.3 Å². The molecule has 0 saturated carbocycles. The molecule has 2 rings (SSSR count). The lowest BCUT2D eigenvalue weighted by atomic mass is 10.1. The summed E-state index contributed by atoms with van der Waals surface area (Å²) in [4.78, 5) is 7.87. The Labute approximate surface area is 187 Å². The van der Waals surface area contributed by atoms with E-state index >= 15 is 0 Å². The minimum absolute atomic E-state index is 0. The lowest BCUT2D eigenvalue weighted by molar-refractivity contribution is -0.146. The minimum atomic E-state index is -4.16. The van der Waals surface area contributed by atoms with E-state index in [2.05, 4.69) is 15.2 Å². The Balaban J connectivity index is 0.00000420. The molecule has 166 valence electrons. The van der Waals surface area contributed by atoms with Gasteiger partial charge in [-0.25, -0.2) is 4.39 Å². The Bertz CT molecular complexity index is 639. The molecular formula is C20H31F4IN4. The van der Waals surface area contributed by atoms with E-state index < -0.39 is 12.7 Å². The lowest BCUT2D eigenvalue weighted by Crippen LogP contribution is -2.42. The van der Waals surface area contributed by atoms with Crippen molar-refractivity contribution in [3.05, 3.63) is 35.6 Å². The molecule has 1 aliphatic rings. The highest BCUT2D eigenvalue weighted by atomic mass is 127. The number of aryl methyl sites for hydroxylation is 1. The van der Waals surface area contributed by atoms with Gasteiger partial charge in [0.1, 0.15) is 5.82 Å². The molecule has 1 N–H and O–H groups in total. The van der Waals surface area contributed by atoms with Gasteiger partial charge >= 0.3 is 6.18 Å². The van der Waals surface area contributed by atoms with Gasteiger partial charge in [0.05, 0.1) is 6.54 Å². The second-order valence-corrected chi connectivity index (χ2v) is 7.25. The predicted molar refractivity (Wildman–Crippen MR) is 119 cm³/mol. The van der Waals surface area contributed by atoms with E-state index in [9.17, 15) is 17.6 Å². The first-order chi connectivity index (χ1) is 13.3. The first kappa shape index (κ1) is 25.9. The third-order valence-electron chi connectivity index (χ3n) is 4.98. The maximum Gasteiger partial charge on any atom is 0.401 e. The molecule has 0 amide bonds. The maximum atomic E-state index is 13.2. The van der Waals surface area contributed by atoms with Crippen LogP contribution in [0, 0.1) is 11.7 Å². The number of benzene rings is 1. The number of hydrogen-bond donors (Lipinski definition) is 1. The van der Waals surface area contributed by atoms with Gasteiger partial charge in [-0.15, -0.1) is 24.0 Å². The molecule has 0 radical (unpaired) electrons. The molecule has 29 heavy (non-hydrogen) atoms. The van der Waals surface area contributed by atoms with Crippen molar-refractivity contribution in [1.29, 1.82) is 0 Å². The molecule has 0 aliphatic carbocycles. The fraction of sp³-hybridized carbons (Fsp3) is 0.650. The van der Waals surface area contributed by atoms with Gasteiger partial charge in [0.2, 0.25) is 0 Å². The number of nitrogens with zero attached hydrogens (tertiary/aromatic N) is 3. The van der Waals surface area contributed by atoms with E-state index in [4.69, 9.17) is 0 Å². The minimum Gasteiger partial charge on any atom is -0.356 e. The number of alkyl halides is 3. The van der Waals surface area contributed by atoms with Crippen molar-refractivity contribution in [2.24, 2.45) is 10.9 Å². The van der Waals surface area contributed by atoms with Gasteiger partial charge in [0.25, 0.3) is 0 Å². The normalized spacial score (nSPS) is 17.6. The van der Waals surface area contributed by atoms with Crippen molar-refractivity contribution in [2.45, 2.75) is 32.4 Å². The summed E-state index contributed by atoms with van der Waals surface area (Å²) in [5.74, 6) is 0.754. The molecule has 1 fully saturated rings. The van der Waals surface area contributed by atoms with Crippen LogP contribution in [0.5, 0.6) is 0 Å². The quantitative estimate of drug-likeness (QED) is 0.180. The summed E-state index contributed by atoms with van der Waals surface area (Å²) in [6.45, 7) is 3.95. The molecule has 0 spiro atoms. The van der Waals surface area contributed by atoms with Gasteiger partial charge in [-0.3, -0.25) is 9.89 Å². The molecule has 1 saturated heterocycles. The van der Waals surface area contributed by atoms with E-state index in [-0.39, 0.29) is 35.7 Å². The van der Waals surface area contributed by atoms with Crippen LogP contribution in [-0.4, -0.2) is 68.3 Å². The monoisotopic (exact) mass is 530 g/mol. The van der Waals surface area contributed by atoms with Crippen LogP contribution in [0.3, 0.4) is 0 Å².